The molecule has 4 rings (SSSR count). The third kappa shape index (κ3) is 2.20. The normalized spacial score (nSPS) is 17.4. The minimum atomic E-state index is -0.242. The lowest BCUT2D eigenvalue weighted by Crippen LogP contribution is -2.31. The van der Waals surface area contributed by atoms with Gasteiger partial charge in [0, 0.05) is 12.8 Å². The van der Waals surface area contributed by atoms with Gasteiger partial charge in [-0.15, -0.1) is 0 Å². The molecule has 0 aliphatic carbocycles. The molecule has 7 nitrogen and oxygen atoms in total. The van der Waals surface area contributed by atoms with E-state index in [4.69, 9.17) is 10.1 Å². The van der Waals surface area contributed by atoms with Crippen LogP contribution in [0.25, 0.3) is 16.7 Å². The van der Waals surface area contributed by atoms with Crippen molar-refractivity contribution in [1.82, 2.24) is 14.0 Å². The first-order chi connectivity index (χ1) is 11.7. The van der Waals surface area contributed by atoms with Crippen LogP contribution < -0.4 is 11.0 Å². The molecule has 0 saturated carbocycles. The average molecular weight is 321 g/mol. The van der Waals surface area contributed by atoms with Gasteiger partial charge < -0.3 is 9.30 Å². The highest BCUT2D eigenvalue weighted by Crippen LogP contribution is 2.16. The zero-order valence-electron chi connectivity index (χ0n) is 12.9. The summed E-state index contributed by atoms with van der Waals surface area (Å²) in [4.78, 5) is 17.3. The van der Waals surface area contributed by atoms with E-state index in [9.17, 15) is 10.1 Å². The second-order valence-electron chi connectivity index (χ2n) is 5.85. The molecule has 1 aliphatic rings. The van der Waals surface area contributed by atoms with Gasteiger partial charge in [-0.25, -0.2) is 4.98 Å². The van der Waals surface area contributed by atoms with Crippen molar-refractivity contribution in [2.75, 3.05) is 6.61 Å². The summed E-state index contributed by atoms with van der Waals surface area (Å²) < 4.78 is 8.73. The summed E-state index contributed by atoms with van der Waals surface area (Å²) in [6.07, 6.45) is 3.51. The van der Waals surface area contributed by atoms with E-state index in [1.165, 1.54) is 10.5 Å². The van der Waals surface area contributed by atoms with Gasteiger partial charge in [0.2, 0.25) is 0 Å². The van der Waals surface area contributed by atoms with Gasteiger partial charge in [0.25, 0.3) is 5.56 Å². The van der Waals surface area contributed by atoms with Gasteiger partial charge in [-0.1, -0.05) is 6.07 Å². The minimum Gasteiger partial charge on any atom is -0.376 e. The van der Waals surface area contributed by atoms with Gasteiger partial charge in [0.1, 0.15) is 22.9 Å². The third-order valence-electron chi connectivity index (χ3n) is 4.35. The standard InChI is InChI=1S/C17H15N5O2/c18-9-11-8-13-16(20-14-5-1-2-6-21(14)17(13)23)22(15(11)19)10-12-4-3-7-24-12/h1-2,5-6,8,12,19H,3-4,7,10H2/t12-/m1/s1. The van der Waals surface area contributed by atoms with Gasteiger partial charge in [0.15, 0.2) is 0 Å². The van der Waals surface area contributed by atoms with Crippen molar-refractivity contribution in [2.24, 2.45) is 0 Å². The summed E-state index contributed by atoms with van der Waals surface area (Å²) in [5.74, 6) is 0. The van der Waals surface area contributed by atoms with Gasteiger partial charge in [0.05, 0.1) is 23.6 Å². The van der Waals surface area contributed by atoms with Gasteiger partial charge in [-0.2, -0.15) is 5.26 Å². The molecule has 1 atom stereocenters. The lowest BCUT2D eigenvalue weighted by atomic mass is 10.2. The fourth-order valence-electron chi connectivity index (χ4n) is 3.14. The molecule has 1 N–H and O–H groups in total. The van der Waals surface area contributed by atoms with Crippen molar-refractivity contribution in [1.29, 1.82) is 10.7 Å². The van der Waals surface area contributed by atoms with Crippen LogP contribution in [-0.2, 0) is 11.3 Å². The Balaban J connectivity index is 2.07. The average Bonchev–Trinajstić information content (AvgIpc) is 3.11. The van der Waals surface area contributed by atoms with Crippen molar-refractivity contribution in [3.63, 3.8) is 0 Å². The van der Waals surface area contributed by atoms with E-state index in [1.807, 2.05) is 12.1 Å². The molecule has 0 amide bonds. The van der Waals surface area contributed by atoms with Crippen molar-refractivity contribution in [3.05, 3.63) is 51.9 Å². The van der Waals surface area contributed by atoms with Gasteiger partial charge in [-0.05, 0) is 31.0 Å². The largest absolute Gasteiger partial charge is 0.376 e. The van der Waals surface area contributed by atoms with Crippen LogP contribution in [0.4, 0.5) is 0 Å². The van der Waals surface area contributed by atoms with Crippen molar-refractivity contribution < 1.29 is 4.74 Å². The van der Waals surface area contributed by atoms with Crippen LogP contribution in [0.2, 0.25) is 0 Å². The lowest BCUT2D eigenvalue weighted by Gasteiger charge is -2.16. The highest BCUT2D eigenvalue weighted by molar-refractivity contribution is 5.77. The Morgan fingerprint density at radius 1 is 1.46 bits per heavy atom. The number of fused-ring (bicyclic) bond motifs is 2. The van der Waals surface area contributed by atoms with Crippen molar-refractivity contribution in [2.45, 2.75) is 25.5 Å². The number of nitriles is 1. The maximum atomic E-state index is 12.8. The summed E-state index contributed by atoms with van der Waals surface area (Å²) >= 11 is 0. The Morgan fingerprint density at radius 3 is 3.08 bits per heavy atom. The number of aromatic nitrogens is 3. The molecule has 1 fully saturated rings. The Bertz CT molecular complexity index is 1100. The number of nitrogens with zero attached hydrogens (tertiary/aromatic N) is 4. The summed E-state index contributed by atoms with van der Waals surface area (Å²) in [7, 11) is 0. The number of ether oxygens (including phenoxy) is 1. The Hall–Kier alpha value is -2.98. The van der Waals surface area contributed by atoms with E-state index in [-0.39, 0.29) is 22.7 Å². The van der Waals surface area contributed by atoms with E-state index in [0.29, 0.717) is 29.8 Å². The van der Waals surface area contributed by atoms with Crippen LogP contribution in [0.5, 0.6) is 0 Å². The Kier molecular flexibility index (Phi) is 3.40. The molecule has 120 valence electrons. The molecule has 4 heterocycles. The molecule has 1 aliphatic heterocycles. The highest BCUT2D eigenvalue weighted by Gasteiger charge is 2.20. The van der Waals surface area contributed by atoms with E-state index in [0.717, 1.165) is 12.8 Å². The van der Waals surface area contributed by atoms with Crippen LogP contribution in [0.15, 0.2) is 35.3 Å². The molecule has 0 bridgehead atoms. The van der Waals surface area contributed by atoms with E-state index >= 15 is 0 Å². The smallest absolute Gasteiger partial charge is 0.267 e. The summed E-state index contributed by atoms with van der Waals surface area (Å²) in [6.45, 7) is 1.12. The number of rotatable bonds is 2. The highest BCUT2D eigenvalue weighted by atomic mass is 16.5. The number of pyridine rings is 2. The number of hydrogen-bond acceptors (Lipinski definition) is 5. The van der Waals surface area contributed by atoms with Crippen LogP contribution in [0, 0.1) is 16.7 Å². The van der Waals surface area contributed by atoms with Crippen molar-refractivity contribution >= 4 is 16.7 Å². The summed E-state index contributed by atoms with van der Waals surface area (Å²) in [6, 6.07) is 8.77. The molecule has 7 heteroatoms. The Morgan fingerprint density at radius 2 is 2.33 bits per heavy atom. The number of hydrogen-bond donors (Lipinski definition) is 1. The molecule has 3 aromatic rings. The predicted molar refractivity (Wildman–Crippen MR) is 86.5 cm³/mol. The van der Waals surface area contributed by atoms with Gasteiger partial charge >= 0.3 is 0 Å². The molecule has 3 aromatic heterocycles. The Labute approximate surface area is 136 Å². The number of nitrogens with one attached hydrogen (secondary N) is 1. The molecular formula is C17H15N5O2. The first kappa shape index (κ1) is 14.6. The third-order valence-corrected chi connectivity index (χ3v) is 4.35. The van der Waals surface area contributed by atoms with Crippen LogP contribution in [0.3, 0.4) is 0 Å². The molecule has 0 aromatic carbocycles. The fraction of sp³-hybridized carbons (Fsp3) is 0.294. The quantitative estimate of drug-likeness (QED) is 0.717. The van der Waals surface area contributed by atoms with E-state index in [1.54, 1.807) is 22.9 Å². The second-order valence-corrected chi connectivity index (χ2v) is 5.85. The molecule has 0 spiro atoms. The zero-order chi connectivity index (χ0) is 16.7. The van der Waals surface area contributed by atoms with Gasteiger partial charge in [-0.3, -0.25) is 14.6 Å². The predicted octanol–water partition coefficient (Wildman–Crippen LogP) is 1.18. The van der Waals surface area contributed by atoms with E-state index in [2.05, 4.69) is 4.98 Å². The SMILES string of the molecule is N#Cc1cc2c(=O)n3ccccc3nc2n(C[C@H]2CCCO2)c1=N. The van der Waals surface area contributed by atoms with Crippen molar-refractivity contribution in [3.8, 4) is 6.07 Å². The molecule has 24 heavy (non-hydrogen) atoms. The lowest BCUT2D eigenvalue weighted by molar-refractivity contribution is 0.0967. The molecule has 0 unspecified atom stereocenters. The minimum absolute atomic E-state index is 0.0210. The topological polar surface area (TPSA) is 96.2 Å². The van der Waals surface area contributed by atoms with Crippen LogP contribution in [-0.4, -0.2) is 26.7 Å². The zero-order valence-corrected chi connectivity index (χ0v) is 12.9. The maximum absolute atomic E-state index is 12.8. The van der Waals surface area contributed by atoms with E-state index < -0.39 is 0 Å². The second kappa shape index (κ2) is 5.58. The molecule has 0 radical (unpaired) electrons. The molecular weight excluding hydrogens is 306 g/mol. The first-order valence-electron chi connectivity index (χ1n) is 7.80. The molecule has 1 saturated heterocycles. The first-order valence-corrected chi connectivity index (χ1v) is 7.80. The summed E-state index contributed by atoms with van der Waals surface area (Å²) in [5, 5.41) is 18.0. The fourth-order valence-corrected chi connectivity index (χ4v) is 3.14. The maximum Gasteiger partial charge on any atom is 0.267 e. The summed E-state index contributed by atoms with van der Waals surface area (Å²) in [5.41, 5.74) is 0.919. The van der Waals surface area contributed by atoms with Crippen LogP contribution in [0.1, 0.15) is 18.4 Å². The monoisotopic (exact) mass is 321 g/mol. The van der Waals surface area contributed by atoms with Crippen LogP contribution >= 0.6 is 0 Å².